The topological polar surface area (TPSA) is 69.4 Å². The molecule has 0 unspecified atom stereocenters. The molecule has 0 saturated heterocycles. The molecule has 0 aliphatic heterocycles. The van der Waals surface area contributed by atoms with Gasteiger partial charge in [0.25, 0.3) is 0 Å². The van der Waals surface area contributed by atoms with Crippen LogP contribution in [0.1, 0.15) is 21.3 Å². The Kier molecular flexibility index (Phi) is 2.73. The minimum atomic E-state index is -3.17. The third kappa shape index (κ3) is 3.50. The molecule has 0 spiro atoms. The van der Waals surface area contributed by atoms with Crippen LogP contribution in [0.3, 0.4) is 0 Å². The Balaban J connectivity index is 2.94. The maximum Gasteiger partial charge on any atom is 0.149 e. The van der Waals surface area contributed by atoms with Gasteiger partial charge in [-0.3, -0.25) is 0 Å². The zero-order chi connectivity index (χ0) is 14.8. The van der Waals surface area contributed by atoms with Gasteiger partial charge in [0, 0.05) is 12.3 Å². The smallest absolute Gasteiger partial charge is 0.149 e. The normalized spacial score (nSPS) is 17.1. The lowest BCUT2D eigenvalue weighted by Gasteiger charge is -2.13. The average molecular weight is 246 g/mol. The maximum atomic E-state index is 11.2. The van der Waals surface area contributed by atoms with Gasteiger partial charge in [-0.05, 0) is 24.1 Å². The largest absolute Gasteiger partial charge is 0.496 e. The molecule has 0 saturated carbocycles. The van der Waals surface area contributed by atoms with Crippen LogP contribution < -0.4 is 10.5 Å². The molecule has 0 heterocycles. The monoisotopic (exact) mass is 246 g/mol. The summed E-state index contributed by atoms with van der Waals surface area (Å²) in [6.07, 6.45) is 1.12. The number of ether oxygens (including phenoxy) is 1. The first-order chi connectivity index (χ1) is 8.48. The molecular formula is C11H17NO3S. The van der Waals surface area contributed by atoms with Crippen LogP contribution in [-0.2, 0) is 9.84 Å². The van der Waals surface area contributed by atoms with Crippen molar-refractivity contribution in [1.29, 1.82) is 0 Å². The second-order valence-corrected chi connectivity index (χ2v) is 6.01. The zero-order valence-corrected chi connectivity index (χ0v) is 10.0. The van der Waals surface area contributed by atoms with Gasteiger partial charge in [-0.2, -0.15) is 0 Å². The van der Waals surface area contributed by atoms with Crippen molar-refractivity contribution in [2.45, 2.75) is 13.0 Å². The Morgan fingerprint density at radius 3 is 2.75 bits per heavy atom. The molecule has 4 nitrogen and oxygen atoms in total. The van der Waals surface area contributed by atoms with E-state index in [-0.39, 0.29) is 11.5 Å². The lowest BCUT2D eigenvalue weighted by molar-refractivity contribution is 0.411. The third-order valence-corrected chi connectivity index (χ3v) is 3.18. The molecule has 0 aliphatic carbocycles. The van der Waals surface area contributed by atoms with Crippen molar-refractivity contribution >= 4 is 9.84 Å². The molecule has 1 rings (SSSR count). The minimum absolute atomic E-state index is 0.161. The van der Waals surface area contributed by atoms with E-state index in [1.54, 1.807) is 19.1 Å². The number of hydrogen-bond acceptors (Lipinski definition) is 4. The number of benzene rings is 1. The summed E-state index contributed by atoms with van der Waals surface area (Å²) in [4.78, 5) is 0. The van der Waals surface area contributed by atoms with Crippen LogP contribution >= 0.6 is 0 Å². The molecular weight excluding hydrogens is 226 g/mol. The highest BCUT2D eigenvalue weighted by Gasteiger charge is 2.13. The number of aryl methyl sites for hydroxylation is 1. The fourth-order valence-electron chi connectivity index (χ4n) is 1.44. The van der Waals surface area contributed by atoms with Gasteiger partial charge in [0.15, 0.2) is 0 Å². The summed E-state index contributed by atoms with van der Waals surface area (Å²) < 4.78 is 48.2. The second-order valence-electron chi connectivity index (χ2n) is 3.83. The highest BCUT2D eigenvalue weighted by Crippen LogP contribution is 2.22. The zero-order valence-electron chi connectivity index (χ0n) is 12.2. The number of methoxy groups -OCH3 is 1. The van der Waals surface area contributed by atoms with Crippen molar-refractivity contribution in [2.24, 2.45) is 5.73 Å². The minimum Gasteiger partial charge on any atom is -0.496 e. The fraction of sp³-hybridized carbons (Fsp3) is 0.455. The molecule has 0 fully saturated rings. The molecule has 0 aliphatic rings. The van der Waals surface area contributed by atoms with Gasteiger partial charge in [0.2, 0.25) is 0 Å². The van der Waals surface area contributed by atoms with Crippen LogP contribution in [0.4, 0.5) is 0 Å². The third-order valence-electron chi connectivity index (χ3n) is 2.22. The van der Waals surface area contributed by atoms with Gasteiger partial charge in [0.05, 0.1) is 16.9 Å². The van der Waals surface area contributed by atoms with E-state index >= 15 is 0 Å². The van der Waals surface area contributed by atoms with Crippen LogP contribution in [0.15, 0.2) is 18.2 Å². The predicted octanol–water partition coefficient (Wildman–Crippen LogP) is 1.05. The van der Waals surface area contributed by atoms with Gasteiger partial charge >= 0.3 is 0 Å². The van der Waals surface area contributed by atoms with E-state index in [1.807, 2.05) is 0 Å². The van der Waals surface area contributed by atoms with Crippen LogP contribution in [0.2, 0.25) is 0 Å². The molecule has 2 N–H and O–H groups in total. The quantitative estimate of drug-likeness (QED) is 0.862. The Labute approximate surface area is 101 Å². The van der Waals surface area contributed by atoms with E-state index in [0.29, 0.717) is 11.1 Å². The fourth-order valence-corrected chi connectivity index (χ4v) is 2.28. The molecule has 90 valence electrons. The first-order valence-corrected chi connectivity index (χ1v) is 6.77. The predicted molar refractivity (Wildman–Crippen MR) is 64.4 cm³/mol. The number of rotatable bonds is 4. The summed E-state index contributed by atoms with van der Waals surface area (Å²) in [5, 5.41) is 0. The van der Waals surface area contributed by atoms with Crippen LogP contribution in [0.25, 0.3) is 0 Å². The lowest BCUT2D eigenvalue weighted by Crippen LogP contribution is -2.20. The van der Waals surface area contributed by atoms with Crippen molar-refractivity contribution in [1.82, 2.24) is 0 Å². The molecule has 0 amide bonds. The average Bonchev–Trinajstić information content (AvgIpc) is 2.16. The van der Waals surface area contributed by atoms with Gasteiger partial charge in [-0.1, -0.05) is 12.1 Å². The van der Waals surface area contributed by atoms with E-state index in [0.717, 1.165) is 6.26 Å². The van der Waals surface area contributed by atoms with Crippen molar-refractivity contribution in [3.8, 4) is 5.75 Å². The SMILES string of the molecule is [2H]C([2H])([2H])Oc1ccc([C@H](N)CS(C)(=O)=O)cc1C. The molecule has 5 heteroatoms. The first-order valence-electron chi connectivity index (χ1n) is 6.21. The summed E-state index contributed by atoms with van der Waals surface area (Å²) in [7, 11) is -5.68. The van der Waals surface area contributed by atoms with E-state index < -0.39 is 22.9 Å². The molecule has 1 atom stereocenters. The number of nitrogens with two attached hydrogens (primary N) is 1. The summed E-state index contributed by atoms with van der Waals surface area (Å²) in [5.74, 6) is 0.0710. The summed E-state index contributed by atoms with van der Waals surface area (Å²) in [6, 6.07) is 4.05. The summed E-state index contributed by atoms with van der Waals surface area (Å²) in [6.45, 7) is 1.68. The highest BCUT2D eigenvalue weighted by atomic mass is 32.2. The van der Waals surface area contributed by atoms with Crippen LogP contribution in [0.5, 0.6) is 5.75 Å². The lowest BCUT2D eigenvalue weighted by atomic mass is 10.1. The Bertz CT molecular complexity index is 555. The van der Waals surface area contributed by atoms with Gasteiger partial charge in [0.1, 0.15) is 15.6 Å². The van der Waals surface area contributed by atoms with Crippen LogP contribution in [-0.4, -0.2) is 27.5 Å². The molecule has 16 heavy (non-hydrogen) atoms. The van der Waals surface area contributed by atoms with Crippen molar-refractivity contribution in [3.63, 3.8) is 0 Å². The highest BCUT2D eigenvalue weighted by molar-refractivity contribution is 7.90. The first kappa shape index (κ1) is 9.01. The van der Waals surface area contributed by atoms with Gasteiger partial charge < -0.3 is 10.5 Å². The van der Waals surface area contributed by atoms with Gasteiger partial charge in [-0.25, -0.2) is 8.42 Å². The van der Waals surface area contributed by atoms with Crippen molar-refractivity contribution in [3.05, 3.63) is 29.3 Å². The summed E-state index contributed by atoms with van der Waals surface area (Å²) >= 11 is 0. The van der Waals surface area contributed by atoms with E-state index in [2.05, 4.69) is 0 Å². The van der Waals surface area contributed by atoms with E-state index in [4.69, 9.17) is 14.6 Å². The Morgan fingerprint density at radius 1 is 1.56 bits per heavy atom. The van der Waals surface area contributed by atoms with E-state index in [1.165, 1.54) is 6.07 Å². The number of sulfone groups is 1. The Morgan fingerprint density at radius 2 is 2.25 bits per heavy atom. The standard InChI is InChI=1S/C11H17NO3S/c1-8-6-9(4-5-11(8)15-2)10(12)7-16(3,13)14/h4-6,10H,7,12H2,1-3H3/t10-/m1/s1/i2D3. The molecule has 0 aromatic heterocycles. The van der Waals surface area contributed by atoms with Crippen LogP contribution in [0, 0.1) is 6.92 Å². The molecule has 0 bridgehead atoms. The maximum absolute atomic E-state index is 11.2. The second kappa shape index (κ2) is 4.84. The molecule has 1 aromatic carbocycles. The summed E-state index contributed by atoms with van der Waals surface area (Å²) in [5.41, 5.74) is 7.02. The van der Waals surface area contributed by atoms with Crippen molar-refractivity contribution in [2.75, 3.05) is 19.0 Å². The number of hydrogen-bond donors (Lipinski definition) is 1. The molecule has 1 aromatic rings. The molecule has 0 radical (unpaired) electrons. The van der Waals surface area contributed by atoms with E-state index in [9.17, 15) is 8.42 Å². The Hall–Kier alpha value is -1.07. The van der Waals surface area contributed by atoms with Gasteiger partial charge in [-0.15, -0.1) is 0 Å². The van der Waals surface area contributed by atoms with Crippen molar-refractivity contribution < 1.29 is 17.3 Å².